The summed E-state index contributed by atoms with van der Waals surface area (Å²) in [7, 11) is -0.0305. The molecule has 0 atom stereocenters. The first-order chi connectivity index (χ1) is 37.8. The molecule has 0 unspecified atom stereocenters. The average Bonchev–Trinajstić information content (AvgIpc) is 3.44. The van der Waals surface area contributed by atoms with Gasteiger partial charge in [-0.05, 0) is 145 Å². The third-order valence-electron chi connectivity index (χ3n) is 12.5. The number of para-hydroxylation sites is 1. The Morgan fingerprint density at radius 1 is 0.405 bits per heavy atom. The molecule has 7 aromatic carbocycles. The van der Waals surface area contributed by atoms with Gasteiger partial charge in [-0.1, -0.05) is 302 Å². The number of hydrogen-bond acceptors (Lipinski definition) is 2. The van der Waals surface area contributed by atoms with E-state index in [0.29, 0.717) is 0 Å². The summed E-state index contributed by atoms with van der Waals surface area (Å²) in [5.41, 5.74) is 14.1. The standard InChI is InChI=1S/C15H24OSi.C12H16O.2C10H12.C9H12.C9H10.C7H8.C4H10/c1-7-10-13-11-8-9-12-14(13)16-17(5,6)15(2,3)4;1-5-6-11-7-9(2)10(3)12(8-11)13-4;1-3-5-10-7-4-6-9(2)8-10;1-3-4-10-7-5-9(2)6-8-10;2*1-2-6-9-7-4-3-5-8-9;1-7-5-3-2-4-6-7;1-3-4-2/h7-12H,1-6H3;5-8H,1-4H3;2*3-8H,1-2H3;3-5,7-8H,2,6H2,1H3;2-8H,1H3;2-6H,1H3;3-4H2,1-2H3/b10-7+;6-5+;5-3+;4-3+;;6-2+;;. The number of methoxy groups -OCH3 is 1. The van der Waals surface area contributed by atoms with E-state index >= 15 is 0 Å². The molecule has 0 aliphatic carbocycles. The van der Waals surface area contributed by atoms with Gasteiger partial charge in [-0.2, -0.15) is 0 Å². The van der Waals surface area contributed by atoms with E-state index in [2.05, 4.69) is 253 Å². The molecule has 0 spiro atoms. The van der Waals surface area contributed by atoms with E-state index < -0.39 is 8.32 Å². The Bertz CT molecular complexity index is 2730. The molecule has 0 saturated heterocycles. The predicted octanol–water partition coefficient (Wildman–Crippen LogP) is 23.7. The van der Waals surface area contributed by atoms with Crippen LogP contribution in [0.3, 0.4) is 0 Å². The Kier molecular flexibility index (Phi) is 40.1. The van der Waals surface area contributed by atoms with Crippen LogP contribution in [-0.2, 0) is 6.42 Å². The highest BCUT2D eigenvalue weighted by molar-refractivity contribution is 6.74. The molecular formula is C76H104O2Si. The van der Waals surface area contributed by atoms with Crippen LogP contribution in [0, 0.1) is 34.6 Å². The molecule has 3 heteroatoms. The molecule has 0 saturated carbocycles. The van der Waals surface area contributed by atoms with Crippen LogP contribution in [0.1, 0.15) is 157 Å². The van der Waals surface area contributed by atoms with Crippen LogP contribution >= 0.6 is 0 Å². The summed E-state index contributed by atoms with van der Waals surface area (Å²) in [5, 5.41) is 0.232. The van der Waals surface area contributed by atoms with Gasteiger partial charge in [-0.3, -0.25) is 0 Å². The highest BCUT2D eigenvalue weighted by Crippen LogP contribution is 2.38. The molecule has 0 heterocycles. The van der Waals surface area contributed by atoms with E-state index in [4.69, 9.17) is 9.16 Å². The fourth-order valence-corrected chi connectivity index (χ4v) is 7.78. The molecule has 0 aliphatic rings. The number of ether oxygens (including phenoxy) is 1. The summed E-state index contributed by atoms with van der Waals surface area (Å²) in [6, 6.07) is 60.5. The molecule has 0 radical (unpaired) electrons. The van der Waals surface area contributed by atoms with Crippen molar-refractivity contribution in [2.24, 2.45) is 0 Å². The third kappa shape index (κ3) is 34.5. The van der Waals surface area contributed by atoms with E-state index in [9.17, 15) is 0 Å². The summed E-state index contributed by atoms with van der Waals surface area (Å²) >= 11 is 0. The number of hydrogen-bond donors (Lipinski definition) is 0. The zero-order chi connectivity index (χ0) is 59.3. The minimum Gasteiger partial charge on any atom is -0.543 e. The number of allylic oxidation sites excluding steroid dienone is 5. The van der Waals surface area contributed by atoms with Crippen LogP contribution in [0.5, 0.6) is 11.5 Å². The van der Waals surface area contributed by atoms with Crippen molar-refractivity contribution in [2.75, 3.05) is 7.11 Å². The Morgan fingerprint density at radius 3 is 1.29 bits per heavy atom. The van der Waals surface area contributed by atoms with Crippen molar-refractivity contribution >= 4 is 38.7 Å². The molecule has 424 valence electrons. The summed E-state index contributed by atoms with van der Waals surface area (Å²) < 4.78 is 11.6. The fraction of sp³-hybridized carbons (Fsp3) is 0.316. The zero-order valence-corrected chi connectivity index (χ0v) is 53.7. The number of unbranched alkanes of at least 4 members (excludes halogenated alkanes) is 1. The fourth-order valence-electron chi connectivity index (χ4n) is 6.73. The second kappa shape index (κ2) is 44.0. The monoisotopic (exact) mass is 1080 g/mol. The normalized spacial score (nSPS) is 10.7. The minimum absolute atomic E-state index is 0.232. The maximum absolute atomic E-state index is 6.34. The number of aryl methyl sites for hydroxylation is 5. The first-order valence-electron chi connectivity index (χ1n) is 28.6. The van der Waals surface area contributed by atoms with Gasteiger partial charge < -0.3 is 9.16 Å². The van der Waals surface area contributed by atoms with Crippen LogP contribution in [0.2, 0.25) is 18.1 Å². The Morgan fingerprint density at radius 2 is 0.835 bits per heavy atom. The largest absolute Gasteiger partial charge is 0.543 e. The lowest BCUT2D eigenvalue weighted by Gasteiger charge is -2.36. The molecule has 0 amide bonds. The van der Waals surface area contributed by atoms with Crippen molar-refractivity contribution in [3.8, 4) is 11.5 Å². The van der Waals surface area contributed by atoms with Crippen LogP contribution < -0.4 is 9.16 Å². The van der Waals surface area contributed by atoms with Gasteiger partial charge in [0.1, 0.15) is 11.5 Å². The van der Waals surface area contributed by atoms with Crippen molar-refractivity contribution in [1.29, 1.82) is 0 Å². The molecule has 79 heavy (non-hydrogen) atoms. The van der Waals surface area contributed by atoms with Crippen molar-refractivity contribution < 1.29 is 9.16 Å². The summed E-state index contributed by atoms with van der Waals surface area (Å²) in [5.74, 6) is 1.98. The highest BCUT2D eigenvalue weighted by atomic mass is 28.4. The first kappa shape index (κ1) is 72.1. The quantitative estimate of drug-likeness (QED) is 0.120. The Labute approximate surface area is 486 Å². The van der Waals surface area contributed by atoms with E-state index in [0.717, 1.165) is 11.5 Å². The van der Waals surface area contributed by atoms with Gasteiger partial charge in [-0.25, -0.2) is 0 Å². The Balaban J connectivity index is 0.000000901. The van der Waals surface area contributed by atoms with Gasteiger partial charge in [0, 0.05) is 5.56 Å². The van der Waals surface area contributed by atoms with E-state index in [1.807, 2.05) is 107 Å². The molecule has 2 nitrogen and oxygen atoms in total. The Hall–Kier alpha value is -6.94. The second-order valence-electron chi connectivity index (χ2n) is 20.7. The number of rotatable bonds is 11. The highest BCUT2D eigenvalue weighted by Gasteiger charge is 2.39. The van der Waals surface area contributed by atoms with Crippen molar-refractivity contribution in [2.45, 2.75) is 155 Å². The minimum atomic E-state index is -1.74. The van der Waals surface area contributed by atoms with E-state index in [1.54, 1.807) is 7.11 Å². The van der Waals surface area contributed by atoms with Gasteiger partial charge in [0.05, 0.1) is 7.11 Å². The van der Waals surface area contributed by atoms with Gasteiger partial charge in [0.2, 0.25) is 0 Å². The topological polar surface area (TPSA) is 18.5 Å². The van der Waals surface area contributed by atoms with Crippen molar-refractivity contribution in [3.63, 3.8) is 0 Å². The summed E-state index contributed by atoms with van der Waals surface area (Å²) in [6.07, 6.45) is 25.8. The zero-order valence-electron chi connectivity index (χ0n) is 52.7. The maximum atomic E-state index is 6.34. The molecule has 0 N–H and O–H groups in total. The number of benzene rings is 7. The smallest absolute Gasteiger partial charge is 0.250 e. The van der Waals surface area contributed by atoms with Gasteiger partial charge >= 0.3 is 0 Å². The molecular weight excluding hydrogens is 973 g/mol. The average molecular weight is 1080 g/mol. The lowest BCUT2D eigenvalue weighted by atomic mass is 10.0. The van der Waals surface area contributed by atoms with Gasteiger partial charge in [0.15, 0.2) is 0 Å². The molecule has 0 fully saturated rings. The van der Waals surface area contributed by atoms with Crippen LogP contribution in [0.25, 0.3) is 30.4 Å². The predicted molar refractivity (Wildman–Crippen MR) is 361 cm³/mol. The summed E-state index contributed by atoms with van der Waals surface area (Å²) in [6.45, 7) is 38.5. The first-order valence-corrected chi connectivity index (χ1v) is 31.5. The van der Waals surface area contributed by atoms with Gasteiger partial charge in [-0.15, -0.1) is 0 Å². The molecule has 0 aromatic heterocycles. The van der Waals surface area contributed by atoms with Crippen molar-refractivity contribution in [1.82, 2.24) is 0 Å². The summed E-state index contributed by atoms with van der Waals surface area (Å²) in [4.78, 5) is 0. The van der Waals surface area contributed by atoms with E-state index in [1.165, 1.54) is 86.9 Å². The second-order valence-corrected chi connectivity index (χ2v) is 25.4. The van der Waals surface area contributed by atoms with Crippen LogP contribution in [-0.4, -0.2) is 15.4 Å². The lowest BCUT2D eigenvalue weighted by molar-refractivity contribution is 0.411. The maximum Gasteiger partial charge on any atom is 0.250 e. The lowest BCUT2D eigenvalue weighted by Crippen LogP contribution is -2.44. The van der Waals surface area contributed by atoms with Crippen molar-refractivity contribution in [3.05, 3.63) is 268 Å². The van der Waals surface area contributed by atoms with Gasteiger partial charge in [0.25, 0.3) is 8.32 Å². The molecule has 0 aliphatic heterocycles. The van der Waals surface area contributed by atoms with E-state index in [-0.39, 0.29) is 5.04 Å². The third-order valence-corrected chi connectivity index (χ3v) is 16.8. The van der Waals surface area contributed by atoms with Crippen LogP contribution in [0.4, 0.5) is 0 Å². The molecule has 7 aromatic rings. The van der Waals surface area contributed by atoms with Crippen LogP contribution in [0.15, 0.2) is 206 Å². The molecule has 0 bridgehead atoms. The molecule has 7 rings (SSSR count). The SMILES string of the molecule is C/C=C/c1cc(C)c(C)c(OC)c1.C/C=C/c1ccc(C)cc1.C/C=C/c1cccc(C)c1.C/C=C/c1ccccc1.C/C=C/c1ccccc1O[Si](C)(C)C(C)(C)C.CCCC.CCCc1ccccc1.Cc1ccccc1.